The number of nitrogens with zero attached hydrogens (tertiary/aromatic N) is 1. The van der Waals surface area contributed by atoms with Crippen LogP contribution in [0.1, 0.15) is 20.8 Å². The predicted molar refractivity (Wildman–Crippen MR) is 55.5 cm³/mol. The first-order valence-electron chi connectivity index (χ1n) is 4.90. The number of carboxylic acids is 1. The van der Waals surface area contributed by atoms with Crippen LogP contribution in [0.3, 0.4) is 0 Å². The molecule has 0 atom stereocenters. The van der Waals surface area contributed by atoms with Gasteiger partial charge in [-0.2, -0.15) is 0 Å². The Morgan fingerprint density at radius 2 is 1.93 bits per heavy atom. The Hall–Kier alpha value is -1.10. The standard InChI is InChI=1S/C10H19NO4/c1-5-15-7-6-11(4)8(12)10(2,3)9(13)14/h5-7H2,1-4H3,(H,13,14). The van der Waals surface area contributed by atoms with Crippen LogP contribution in [0.25, 0.3) is 0 Å². The Morgan fingerprint density at radius 1 is 1.40 bits per heavy atom. The van der Waals surface area contributed by atoms with Crippen LogP contribution < -0.4 is 0 Å². The van der Waals surface area contributed by atoms with Gasteiger partial charge in [0, 0.05) is 20.2 Å². The molecule has 5 nitrogen and oxygen atoms in total. The largest absolute Gasteiger partial charge is 0.480 e. The fourth-order valence-corrected chi connectivity index (χ4v) is 1.02. The lowest BCUT2D eigenvalue weighted by atomic mass is 9.92. The summed E-state index contributed by atoms with van der Waals surface area (Å²) in [7, 11) is 1.58. The fourth-order valence-electron chi connectivity index (χ4n) is 1.02. The molecular formula is C10H19NO4. The van der Waals surface area contributed by atoms with Gasteiger partial charge in [0.1, 0.15) is 5.41 Å². The number of carboxylic acid groups (broad SMARTS) is 1. The maximum Gasteiger partial charge on any atom is 0.318 e. The number of carbonyl (C=O) groups is 2. The topological polar surface area (TPSA) is 66.8 Å². The van der Waals surface area contributed by atoms with E-state index >= 15 is 0 Å². The van der Waals surface area contributed by atoms with E-state index in [0.29, 0.717) is 19.8 Å². The van der Waals surface area contributed by atoms with Gasteiger partial charge < -0.3 is 14.7 Å². The van der Waals surface area contributed by atoms with Crippen LogP contribution in [-0.4, -0.2) is 48.7 Å². The smallest absolute Gasteiger partial charge is 0.318 e. The summed E-state index contributed by atoms with van der Waals surface area (Å²) in [6.07, 6.45) is 0. The van der Waals surface area contributed by atoms with Crippen LogP contribution in [0.15, 0.2) is 0 Å². The molecule has 0 heterocycles. The molecule has 0 aromatic rings. The van der Waals surface area contributed by atoms with E-state index in [2.05, 4.69) is 0 Å². The molecule has 0 saturated heterocycles. The summed E-state index contributed by atoms with van der Waals surface area (Å²) in [4.78, 5) is 23.9. The number of carbonyl (C=O) groups excluding carboxylic acids is 1. The van der Waals surface area contributed by atoms with Gasteiger partial charge in [-0.15, -0.1) is 0 Å². The van der Waals surface area contributed by atoms with Crippen molar-refractivity contribution in [2.45, 2.75) is 20.8 Å². The number of ether oxygens (including phenoxy) is 1. The molecule has 15 heavy (non-hydrogen) atoms. The minimum atomic E-state index is -1.37. The molecule has 0 rings (SSSR count). The Kier molecular flexibility index (Phi) is 5.28. The van der Waals surface area contributed by atoms with E-state index in [9.17, 15) is 9.59 Å². The number of amides is 1. The van der Waals surface area contributed by atoms with Gasteiger partial charge >= 0.3 is 5.97 Å². The van der Waals surface area contributed by atoms with E-state index in [0.717, 1.165) is 0 Å². The first-order chi connectivity index (χ1) is 6.84. The third-order valence-electron chi connectivity index (χ3n) is 2.19. The second-order valence-electron chi connectivity index (χ2n) is 3.85. The molecule has 0 spiro atoms. The molecule has 0 aromatic carbocycles. The lowest BCUT2D eigenvalue weighted by molar-refractivity contribution is -0.157. The highest BCUT2D eigenvalue weighted by Gasteiger charge is 2.37. The van der Waals surface area contributed by atoms with E-state index in [4.69, 9.17) is 9.84 Å². The summed E-state index contributed by atoms with van der Waals surface area (Å²) in [5.41, 5.74) is -1.37. The van der Waals surface area contributed by atoms with Crippen molar-refractivity contribution in [3.63, 3.8) is 0 Å². The van der Waals surface area contributed by atoms with Gasteiger partial charge in [0.15, 0.2) is 0 Å². The molecule has 0 aromatic heterocycles. The highest BCUT2D eigenvalue weighted by molar-refractivity contribution is 6.00. The fraction of sp³-hybridized carbons (Fsp3) is 0.800. The molecule has 0 unspecified atom stereocenters. The number of likely N-dealkylation sites (N-methyl/N-ethyl adjacent to an activating group) is 1. The van der Waals surface area contributed by atoms with Gasteiger partial charge in [0.05, 0.1) is 6.61 Å². The van der Waals surface area contributed by atoms with Gasteiger partial charge in [0.2, 0.25) is 5.91 Å². The van der Waals surface area contributed by atoms with Crippen LogP contribution >= 0.6 is 0 Å². The van der Waals surface area contributed by atoms with Gasteiger partial charge in [-0.05, 0) is 20.8 Å². The first kappa shape index (κ1) is 13.9. The highest BCUT2D eigenvalue weighted by Crippen LogP contribution is 2.18. The summed E-state index contributed by atoms with van der Waals surface area (Å²) in [6, 6.07) is 0. The Morgan fingerprint density at radius 3 is 2.33 bits per heavy atom. The summed E-state index contributed by atoms with van der Waals surface area (Å²) >= 11 is 0. The van der Waals surface area contributed by atoms with Crippen LogP contribution in [0.4, 0.5) is 0 Å². The van der Waals surface area contributed by atoms with Gasteiger partial charge in [0.25, 0.3) is 0 Å². The van der Waals surface area contributed by atoms with Crippen molar-refractivity contribution in [3.8, 4) is 0 Å². The Labute approximate surface area is 90.0 Å². The van der Waals surface area contributed by atoms with Crippen molar-refractivity contribution in [1.82, 2.24) is 4.90 Å². The minimum absolute atomic E-state index is 0.406. The average molecular weight is 217 g/mol. The van der Waals surface area contributed by atoms with E-state index in [1.807, 2.05) is 6.92 Å². The molecule has 0 aliphatic heterocycles. The second-order valence-corrected chi connectivity index (χ2v) is 3.85. The van der Waals surface area contributed by atoms with Gasteiger partial charge in [-0.3, -0.25) is 9.59 Å². The predicted octanol–water partition coefficient (Wildman–Crippen LogP) is 0.592. The SMILES string of the molecule is CCOCCN(C)C(=O)C(C)(C)C(=O)O. The van der Waals surface area contributed by atoms with Gasteiger partial charge in [-0.1, -0.05) is 0 Å². The molecule has 5 heteroatoms. The molecular weight excluding hydrogens is 198 g/mol. The highest BCUT2D eigenvalue weighted by atomic mass is 16.5. The molecule has 0 saturated carbocycles. The molecule has 0 bridgehead atoms. The second kappa shape index (κ2) is 5.70. The van der Waals surface area contributed by atoms with Crippen LogP contribution in [-0.2, 0) is 14.3 Å². The third kappa shape index (κ3) is 3.87. The quantitative estimate of drug-likeness (QED) is 0.522. The zero-order chi connectivity index (χ0) is 12.1. The number of hydrogen-bond acceptors (Lipinski definition) is 3. The third-order valence-corrected chi connectivity index (χ3v) is 2.19. The normalized spacial score (nSPS) is 11.2. The maximum atomic E-state index is 11.7. The van der Waals surface area contributed by atoms with E-state index in [1.165, 1.54) is 18.7 Å². The zero-order valence-corrected chi connectivity index (χ0v) is 9.74. The van der Waals surface area contributed by atoms with Crippen LogP contribution in [0.5, 0.6) is 0 Å². The van der Waals surface area contributed by atoms with Crippen molar-refractivity contribution in [2.75, 3.05) is 26.8 Å². The zero-order valence-electron chi connectivity index (χ0n) is 9.74. The molecule has 0 radical (unpaired) electrons. The van der Waals surface area contributed by atoms with E-state index in [1.54, 1.807) is 7.05 Å². The monoisotopic (exact) mass is 217 g/mol. The lowest BCUT2D eigenvalue weighted by Gasteiger charge is -2.25. The van der Waals surface area contributed by atoms with Crippen molar-refractivity contribution < 1.29 is 19.4 Å². The van der Waals surface area contributed by atoms with Crippen LogP contribution in [0, 0.1) is 5.41 Å². The molecule has 0 aliphatic rings. The molecule has 0 fully saturated rings. The van der Waals surface area contributed by atoms with Crippen molar-refractivity contribution in [1.29, 1.82) is 0 Å². The first-order valence-corrected chi connectivity index (χ1v) is 4.90. The number of hydrogen-bond donors (Lipinski definition) is 1. The molecule has 1 amide bonds. The van der Waals surface area contributed by atoms with Crippen molar-refractivity contribution in [3.05, 3.63) is 0 Å². The number of rotatable bonds is 6. The lowest BCUT2D eigenvalue weighted by Crippen LogP contribution is -2.44. The molecule has 1 N–H and O–H groups in total. The Balaban J connectivity index is 4.25. The summed E-state index contributed by atoms with van der Waals surface area (Å²) < 4.78 is 5.09. The van der Waals surface area contributed by atoms with E-state index < -0.39 is 17.3 Å². The van der Waals surface area contributed by atoms with Crippen molar-refractivity contribution in [2.24, 2.45) is 5.41 Å². The van der Waals surface area contributed by atoms with Crippen LogP contribution in [0.2, 0.25) is 0 Å². The van der Waals surface area contributed by atoms with Crippen molar-refractivity contribution >= 4 is 11.9 Å². The Bertz CT molecular complexity index is 238. The van der Waals surface area contributed by atoms with E-state index in [-0.39, 0.29) is 0 Å². The molecule has 88 valence electrons. The number of aliphatic carboxylic acids is 1. The summed E-state index contributed by atoms with van der Waals surface area (Å²) in [6.45, 7) is 6.08. The maximum absolute atomic E-state index is 11.7. The summed E-state index contributed by atoms with van der Waals surface area (Å²) in [5, 5.41) is 8.85. The van der Waals surface area contributed by atoms with Gasteiger partial charge in [-0.25, -0.2) is 0 Å². The summed E-state index contributed by atoms with van der Waals surface area (Å²) in [5.74, 6) is -1.52. The average Bonchev–Trinajstić information content (AvgIpc) is 2.16. The molecule has 0 aliphatic carbocycles. The minimum Gasteiger partial charge on any atom is -0.480 e.